The zero-order chi connectivity index (χ0) is 17.9. The summed E-state index contributed by atoms with van der Waals surface area (Å²) >= 11 is 6.15. The van der Waals surface area contributed by atoms with Crippen LogP contribution in [0.5, 0.6) is 0 Å². The lowest BCUT2D eigenvalue weighted by molar-refractivity contribution is 0.680. The molecule has 0 amide bonds. The minimum Gasteiger partial charge on any atom is -0.356 e. The third kappa shape index (κ3) is 8.51. The Morgan fingerprint density at radius 1 is 1.04 bits per heavy atom. The van der Waals surface area contributed by atoms with Crippen molar-refractivity contribution in [2.24, 2.45) is 4.99 Å². The number of rotatable bonds is 8. The lowest BCUT2D eigenvalue weighted by atomic mass is 10.1. The van der Waals surface area contributed by atoms with Gasteiger partial charge in [-0.25, -0.2) is 0 Å². The number of nitrogens with one attached hydrogen (secondary N) is 2. The monoisotopic (exact) mass is 505 g/mol. The van der Waals surface area contributed by atoms with E-state index in [1.165, 1.54) is 0 Å². The average Bonchev–Trinajstić information content (AvgIpc) is 2.62. The molecule has 2 rings (SSSR count). The first-order chi connectivity index (χ1) is 12.2. The second-order valence-electron chi connectivity index (χ2n) is 5.54. The van der Waals surface area contributed by atoms with Crippen molar-refractivity contribution in [3.63, 3.8) is 0 Å². The predicted octanol–water partition coefficient (Wildman–Crippen LogP) is 3.61. The molecule has 26 heavy (non-hydrogen) atoms. The maximum atomic E-state index is 12.1. The molecule has 0 spiro atoms. The molecule has 4 nitrogen and oxygen atoms in total. The van der Waals surface area contributed by atoms with E-state index in [4.69, 9.17) is 11.6 Å². The van der Waals surface area contributed by atoms with Crippen molar-refractivity contribution < 1.29 is 4.21 Å². The van der Waals surface area contributed by atoms with Gasteiger partial charge in [0, 0.05) is 47.5 Å². The Hall–Kier alpha value is -1.12. The van der Waals surface area contributed by atoms with Gasteiger partial charge in [-0.15, -0.1) is 24.0 Å². The Balaban J connectivity index is 0.00000338. The van der Waals surface area contributed by atoms with Gasteiger partial charge in [0.05, 0.1) is 0 Å². The van der Waals surface area contributed by atoms with Crippen LogP contribution in [0.4, 0.5) is 0 Å². The maximum Gasteiger partial charge on any atom is 0.191 e. The number of halogens is 2. The Morgan fingerprint density at radius 3 is 2.38 bits per heavy atom. The van der Waals surface area contributed by atoms with Gasteiger partial charge < -0.3 is 10.6 Å². The number of aliphatic imine (C=N–C) groups is 1. The summed E-state index contributed by atoms with van der Waals surface area (Å²) < 4.78 is 12.1. The third-order valence-electron chi connectivity index (χ3n) is 3.66. The minimum absolute atomic E-state index is 0. The average molecular weight is 506 g/mol. The quantitative estimate of drug-likeness (QED) is 0.327. The highest BCUT2D eigenvalue weighted by Gasteiger charge is 2.04. The molecule has 0 aliphatic rings. The van der Waals surface area contributed by atoms with E-state index >= 15 is 0 Å². The van der Waals surface area contributed by atoms with Gasteiger partial charge in [-0.2, -0.15) is 0 Å². The first kappa shape index (κ1) is 22.9. The van der Waals surface area contributed by atoms with Gasteiger partial charge in [0.2, 0.25) is 0 Å². The molecule has 0 saturated heterocycles. The normalized spacial score (nSPS) is 12.2. The third-order valence-corrected chi connectivity index (χ3v) is 5.34. The molecule has 0 bridgehead atoms. The van der Waals surface area contributed by atoms with Crippen LogP contribution >= 0.6 is 35.6 Å². The largest absolute Gasteiger partial charge is 0.356 e. The Labute approximate surface area is 180 Å². The van der Waals surface area contributed by atoms with E-state index in [1.807, 2.05) is 54.6 Å². The topological polar surface area (TPSA) is 53.5 Å². The lowest BCUT2D eigenvalue weighted by Gasteiger charge is -2.12. The standard InChI is InChI=1S/C19H24ClN3OS.HI/c1-21-19(22-12-11-17-9-5-6-10-18(17)20)23-13-14-25(24)15-16-7-3-2-4-8-16;/h2-10H,11-15H2,1H3,(H2,21,22,23);1H. The molecule has 1 unspecified atom stereocenters. The van der Waals surface area contributed by atoms with Crippen molar-refractivity contribution in [1.29, 1.82) is 0 Å². The molecule has 0 saturated carbocycles. The number of hydrogen-bond donors (Lipinski definition) is 2. The summed E-state index contributed by atoms with van der Waals surface area (Å²) in [6.07, 6.45) is 0.820. The highest BCUT2D eigenvalue weighted by molar-refractivity contribution is 14.0. The van der Waals surface area contributed by atoms with Crippen LogP contribution in [0.3, 0.4) is 0 Å². The highest BCUT2D eigenvalue weighted by atomic mass is 127. The van der Waals surface area contributed by atoms with E-state index in [0.29, 0.717) is 24.0 Å². The van der Waals surface area contributed by atoms with E-state index in [2.05, 4.69) is 15.6 Å². The van der Waals surface area contributed by atoms with E-state index in [1.54, 1.807) is 7.05 Å². The Kier molecular flexibility index (Phi) is 11.6. The number of benzene rings is 2. The van der Waals surface area contributed by atoms with Crippen molar-refractivity contribution in [1.82, 2.24) is 10.6 Å². The highest BCUT2D eigenvalue weighted by Crippen LogP contribution is 2.14. The number of hydrogen-bond acceptors (Lipinski definition) is 2. The van der Waals surface area contributed by atoms with Crippen LogP contribution in [-0.4, -0.2) is 36.1 Å². The van der Waals surface area contributed by atoms with E-state index < -0.39 is 10.8 Å². The second-order valence-corrected chi connectivity index (χ2v) is 7.52. The van der Waals surface area contributed by atoms with Crippen LogP contribution in [0.15, 0.2) is 59.6 Å². The van der Waals surface area contributed by atoms with Crippen LogP contribution in [0.25, 0.3) is 0 Å². The van der Waals surface area contributed by atoms with Crippen LogP contribution < -0.4 is 10.6 Å². The van der Waals surface area contributed by atoms with Crippen molar-refractivity contribution in [3.8, 4) is 0 Å². The SMILES string of the molecule is CN=C(NCCc1ccccc1Cl)NCCS(=O)Cc1ccccc1.I. The van der Waals surface area contributed by atoms with Crippen LogP contribution in [-0.2, 0) is 23.0 Å². The molecule has 2 aromatic rings. The fourth-order valence-corrected chi connectivity index (χ4v) is 3.62. The lowest BCUT2D eigenvalue weighted by Crippen LogP contribution is -2.40. The van der Waals surface area contributed by atoms with Crippen molar-refractivity contribution in [2.75, 3.05) is 25.9 Å². The predicted molar refractivity (Wildman–Crippen MR) is 123 cm³/mol. The molecular weight excluding hydrogens is 481 g/mol. The van der Waals surface area contributed by atoms with E-state index in [-0.39, 0.29) is 24.0 Å². The summed E-state index contributed by atoms with van der Waals surface area (Å²) in [7, 11) is 0.837. The van der Waals surface area contributed by atoms with Gasteiger partial charge in [0.1, 0.15) is 0 Å². The summed E-state index contributed by atoms with van der Waals surface area (Å²) in [5.74, 6) is 1.88. The molecule has 0 aliphatic heterocycles. The zero-order valence-corrected chi connectivity index (χ0v) is 18.7. The summed E-state index contributed by atoms with van der Waals surface area (Å²) in [6, 6.07) is 17.7. The molecule has 0 aromatic heterocycles. The summed E-state index contributed by atoms with van der Waals surface area (Å²) in [4.78, 5) is 4.18. The van der Waals surface area contributed by atoms with Crippen LogP contribution in [0.2, 0.25) is 5.02 Å². The summed E-state index contributed by atoms with van der Waals surface area (Å²) in [6.45, 7) is 1.35. The van der Waals surface area contributed by atoms with Crippen LogP contribution in [0, 0.1) is 0 Å². The van der Waals surface area contributed by atoms with Crippen molar-refractivity contribution in [2.45, 2.75) is 12.2 Å². The van der Waals surface area contributed by atoms with Crippen molar-refractivity contribution >= 4 is 52.3 Å². The molecule has 0 heterocycles. The summed E-state index contributed by atoms with van der Waals surface area (Å²) in [5, 5.41) is 7.23. The fraction of sp³-hybridized carbons (Fsp3) is 0.316. The summed E-state index contributed by atoms with van der Waals surface area (Å²) in [5.41, 5.74) is 2.21. The first-order valence-corrected chi connectivity index (χ1v) is 10.1. The molecule has 2 N–H and O–H groups in total. The van der Waals surface area contributed by atoms with Gasteiger partial charge in [-0.3, -0.25) is 9.20 Å². The van der Waals surface area contributed by atoms with E-state index in [0.717, 1.165) is 29.1 Å². The fourth-order valence-electron chi connectivity index (χ4n) is 2.35. The molecule has 7 heteroatoms. The second kappa shape index (κ2) is 13.1. The van der Waals surface area contributed by atoms with Crippen molar-refractivity contribution in [3.05, 3.63) is 70.7 Å². The number of guanidine groups is 1. The molecule has 0 radical (unpaired) electrons. The first-order valence-electron chi connectivity index (χ1n) is 8.26. The van der Waals surface area contributed by atoms with Crippen LogP contribution in [0.1, 0.15) is 11.1 Å². The molecular formula is C19H25ClIN3OS. The van der Waals surface area contributed by atoms with Gasteiger partial charge in [-0.05, 0) is 23.6 Å². The number of nitrogens with zero attached hydrogens (tertiary/aromatic N) is 1. The van der Waals surface area contributed by atoms with Gasteiger partial charge in [-0.1, -0.05) is 60.1 Å². The van der Waals surface area contributed by atoms with E-state index in [9.17, 15) is 4.21 Å². The van der Waals surface area contributed by atoms with Gasteiger partial charge in [0.25, 0.3) is 0 Å². The molecule has 1 atom stereocenters. The Morgan fingerprint density at radius 2 is 1.69 bits per heavy atom. The molecule has 0 aliphatic carbocycles. The maximum absolute atomic E-state index is 12.1. The Bertz CT molecular complexity index is 713. The molecule has 142 valence electrons. The zero-order valence-electron chi connectivity index (χ0n) is 14.8. The minimum atomic E-state index is -0.891. The van der Waals surface area contributed by atoms with Gasteiger partial charge in [0.15, 0.2) is 5.96 Å². The molecule has 0 fully saturated rings. The molecule has 2 aromatic carbocycles. The smallest absolute Gasteiger partial charge is 0.191 e. The van der Waals surface area contributed by atoms with Gasteiger partial charge >= 0.3 is 0 Å².